The summed E-state index contributed by atoms with van der Waals surface area (Å²) in [5.74, 6) is 0.986. The van der Waals surface area contributed by atoms with Crippen LogP contribution >= 0.6 is 15.9 Å². The first kappa shape index (κ1) is 15.9. The third-order valence-electron chi connectivity index (χ3n) is 4.86. The number of benzene rings is 1. The van der Waals surface area contributed by atoms with Crippen LogP contribution < -0.4 is 5.32 Å². The Morgan fingerprint density at radius 1 is 1.12 bits per heavy atom. The number of fused-ring (bicyclic) bond motifs is 3. The molecule has 1 saturated heterocycles. The molecule has 1 aromatic carbocycles. The first-order valence-electron chi connectivity index (χ1n) is 8.83. The van der Waals surface area contributed by atoms with Gasteiger partial charge >= 0.3 is 0 Å². The Morgan fingerprint density at radius 2 is 2.00 bits per heavy atom. The molecule has 126 valence electrons. The second-order valence-corrected chi connectivity index (χ2v) is 7.50. The van der Waals surface area contributed by atoms with Crippen LogP contribution in [-0.2, 0) is 0 Å². The molecular weight excluding hydrogens is 364 g/mol. The molecule has 1 aliphatic heterocycles. The maximum Gasteiger partial charge on any atom is 0.136 e. The van der Waals surface area contributed by atoms with Gasteiger partial charge in [0, 0.05) is 33.5 Å². The van der Waals surface area contributed by atoms with E-state index in [9.17, 15) is 0 Å². The van der Waals surface area contributed by atoms with Crippen LogP contribution in [0.15, 0.2) is 34.9 Å². The number of aromatic nitrogens is 2. The maximum absolute atomic E-state index is 4.58. The number of hydrogen-bond acceptors (Lipinski definition) is 3. The van der Waals surface area contributed by atoms with Gasteiger partial charge in [-0.1, -0.05) is 28.4 Å². The summed E-state index contributed by atoms with van der Waals surface area (Å²) >= 11 is 3.54. The van der Waals surface area contributed by atoms with E-state index in [1.165, 1.54) is 49.7 Å². The van der Waals surface area contributed by atoms with Crippen molar-refractivity contribution in [3.63, 3.8) is 0 Å². The average Bonchev–Trinajstić information content (AvgIpc) is 2.97. The highest BCUT2D eigenvalue weighted by atomic mass is 79.9. The second-order valence-electron chi connectivity index (χ2n) is 6.58. The lowest BCUT2D eigenvalue weighted by Gasteiger charge is -2.26. The summed E-state index contributed by atoms with van der Waals surface area (Å²) in [6, 6.07) is 8.40. The first-order valence-corrected chi connectivity index (χ1v) is 9.63. The van der Waals surface area contributed by atoms with Crippen LogP contribution in [0.5, 0.6) is 0 Å². The fourth-order valence-electron chi connectivity index (χ4n) is 3.65. The zero-order valence-electron chi connectivity index (χ0n) is 13.8. The Labute approximate surface area is 150 Å². The summed E-state index contributed by atoms with van der Waals surface area (Å²) in [5.41, 5.74) is 2.28. The van der Waals surface area contributed by atoms with Crippen molar-refractivity contribution in [2.24, 2.45) is 0 Å². The molecular formula is C19H23BrN4. The number of nitrogens with zero attached hydrogens (tertiary/aromatic N) is 2. The number of anilines is 1. The highest BCUT2D eigenvalue weighted by molar-refractivity contribution is 9.10. The zero-order valence-corrected chi connectivity index (χ0v) is 15.4. The van der Waals surface area contributed by atoms with Crippen LogP contribution in [0.25, 0.3) is 21.8 Å². The fourth-order valence-corrected chi connectivity index (χ4v) is 4.01. The van der Waals surface area contributed by atoms with E-state index in [1.54, 1.807) is 0 Å². The summed E-state index contributed by atoms with van der Waals surface area (Å²) in [6.07, 6.45) is 7.15. The van der Waals surface area contributed by atoms with Gasteiger partial charge in [-0.2, -0.15) is 0 Å². The molecule has 0 saturated carbocycles. The number of likely N-dealkylation sites (tertiary alicyclic amines) is 1. The standard InChI is InChI=1S/C19H23BrN4/c20-14-5-6-15-17(13-14)23-16-7-9-22-19(18(15)16)21-8-4-12-24-10-2-1-3-11-24/h5-7,9,13,23H,1-4,8,10-12H2,(H,21,22). The summed E-state index contributed by atoms with van der Waals surface area (Å²) in [7, 11) is 0. The van der Waals surface area contributed by atoms with E-state index in [1.807, 2.05) is 12.3 Å². The summed E-state index contributed by atoms with van der Waals surface area (Å²) in [4.78, 5) is 10.6. The van der Waals surface area contributed by atoms with Crippen molar-refractivity contribution in [2.75, 3.05) is 31.5 Å². The highest BCUT2D eigenvalue weighted by Crippen LogP contribution is 2.31. The van der Waals surface area contributed by atoms with E-state index in [-0.39, 0.29) is 0 Å². The monoisotopic (exact) mass is 386 g/mol. The minimum absolute atomic E-state index is 0.964. The molecule has 0 bridgehead atoms. The number of H-pyrrole nitrogens is 1. The number of hydrogen-bond donors (Lipinski definition) is 2. The number of rotatable bonds is 5. The zero-order chi connectivity index (χ0) is 16.4. The van der Waals surface area contributed by atoms with Crippen LogP contribution in [0.2, 0.25) is 0 Å². The maximum atomic E-state index is 4.58. The number of pyridine rings is 1. The molecule has 2 aromatic heterocycles. The van der Waals surface area contributed by atoms with Gasteiger partial charge in [-0.05, 0) is 57.1 Å². The Bertz CT molecular complexity index is 836. The largest absolute Gasteiger partial charge is 0.369 e. The quantitative estimate of drug-likeness (QED) is 0.620. The Morgan fingerprint density at radius 3 is 2.88 bits per heavy atom. The van der Waals surface area contributed by atoms with Crippen molar-refractivity contribution in [3.8, 4) is 0 Å². The van der Waals surface area contributed by atoms with Crippen LogP contribution in [0.1, 0.15) is 25.7 Å². The molecule has 0 aliphatic carbocycles. The number of piperidine rings is 1. The second kappa shape index (κ2) is 7.11. The molecule has 4 nitrogen and oxygen atoms in total. The molecule has 1 aliphatic rings. The van der Waals surface area contributed by atoms with Gasteiger partial charge in [0.05, 0.1) is 5.52 Å². The van der Waals surface area contributed by atoms with E-state index < -0.39 is 0 Å². The highest BCUT2D eigenvalue weighted by Gasteiger charge is 2.11. The smallest absolute Gasteiger partial charge is 0.136 e. The predicted octanol–water partition coefficient (Wildman–Crippen LogP) is 4.77. The van der Waals surface area contributed by atoms with Gasteiger partial charge < -0.3 is 15.2 Å². The van der Waals surface area contributed by atoms with Gasteiger partial charge in [-0.3, -0.25) is 0 Å². The molecule has 24 heavy (non-hydrogen) atoms. The van der Waals surface area contributed by atoms with Crippen molar-refractivity contribution in [1.82, 2.24) is 14.9 Å². The molecule has 5 heteroatoms. The van der Waals surface area contributed by atoms with Crippen molar-refractivity contribution >= 4 is 43.6 Å². The first-order chi connectivity index (χ1) is 11.8. The normalized spacial score (nSPS) is 16.0. The van der Waals surface area contributed by atoms with Gasteiger partial charge in [0.25, 0.3) is 0 Å². The molecule has 0 unspecified atom stereocenters. The number of halogens is 1. The summed E-state index contributed by atoms with van der Waals surface area (Å²) in [5, 5.41) is 5.97. The minimum atomic E-state index is 0.964. The van der Waals surface area contributed by atoms with Gasteiger partial charge in [0.15, 0.2) is 0 Å². The molecule has 3 heterocycles. The lowest BCUT2D eigenvalue weighted by Crippen LogP contribution is -2.31. The average molecular weight is 387 g/mol. The fraction of sp³-hybridized carbons (Fsp3) is 0.421. The van der Waals surface area contributed by atoms with E-state index in [4.69, 9.17) is 0 Å². The van der Waals surface area contributed by atoms with Crippen molar-refractivity contribution in [2.45, 2.75) is 25.7 Å². The SMILES string of the molecule is Brc1ccc2c(c1)[nH]c1ccnc(NCCCN3CCCCC3)c12. The predicted molar refractivity (Wildman–Crippen MR) is 105 cm³/mol. The molecule has 0 atom stereocenters. The van der Waals surface area contributed by atoms with E-state index in [2.05, 4.69) is 54.3 Å². The van der Waals surface area contributed by atoms with Crippen LogP contribution in [0.3, 0.4) is 0 Å². The minimum Gasteiger partial charge on any atom is -0.369 e. The Kier molecular flexibility index (Phi) is 4.72. The Balaban J connectivity index is 1.48. The number of aromatic amines is 1. The van der Waals surface area contributed by atoms with Gasteiger partial charge in [0.1, 0.15) is 5.82 Å². The third kappa shape index (κ3) is 3.28. The molecule has 0 spiro atoms. The lowest BCUT2D eigenvalue weighted by atomic mass is 10.1. The molecule has 3 aromatic rings. The molecule has 0 radical (unpaired) electrons. The van der Waals surface area contributed by atoms with Crippen molar-refractivity contribution < 1.29 is 0 Å². The Hall–Kier alpha value is -1.59. The van der Waals surface area contributed by atoms with Crippen LogP contribution in [0, 0.1) is 0 Å². The summed E-state index contributed by atoms with van der Waals surface area (Å²) < 4.78 is 1.09. The van der Waals surface area contributed by atoms with E-state index in [0.29, 0.717) is 0 Å². The van der Waals surface area contributed by atoms with Gasteiger partial charge in [-0.25, -0.2) is 4.98 Å². The molecule has 4 rings (SSSR count). The summed E-state index contributed by atoms with van der Waals surface area (Å²) in [6.45, 7) is 4.69. The number of nitrogens with one attached hydrogen (secondary N) is 2. The van der Waals surface area contributed by atoms with Gasteiger partial charge in [-0.15, -0.1) is 0 Å². The van der Waals surface area contributed by atoms with E-state index >= 15 is 0 Å². The molecule has 0 amide bonds. The van der Waals surface area contributed by atoms with Crippen molar-refractivity contribution in [1.29, 1.82) is 0 Å². The third-order valence-corrected chi connectivity index (χ3v) is 5.36. The van der Waals surface area contributed by atoms with Crippen LogP contribution in [-0.4, -0.2) is 41.0 Å². The van der Waals surface area contributed by atoms with Crippen LogP contribution in [0.4, 0.5) is 5.82 Å². The van der Waals surface area contributed by atoms with E-state index in [0.717, 1.165) is 34.3 Å². The molecule has 2 N–H and O–H groups in total. The van der Waals surface area contributed by atoms with Gasteiger partial charge in [0.2, 0.25) is 0 Å². The molecule has 1 fully saturated rings. The topological polar surface area (TPSA) is 44.0 Å². The van der Waals surface area contributed by atoms with Crippen molar-refractivity contribution in [3.05, 3.63) is 34.9 Å². The lowest BCUT2D eigenvalue weighted by molar-refractivity contribution is 0.228.